The van der Waals surface area contributed by atoms with E-state index >= 15 is 0 Å². The molecule has 2 nitrogen and oxygen atoms in total. The smallest absolute Gasteiger partial charge is 0.153 e. The van der Waals surface area contributed by atoms with Gasteiger partial charge in [0.05, 0.1) is 6.04 Å². The first-order valence-corrected chi connectivity index (χ1v) is 4.00. The zero-order chi connectivity index (χ0) is 8.85. The van der Waals surface area contributed by atoms with Crippen LogP contribution in [0.4, 0.5) is 0 Å². The first-order valence-electron chi connectivity index (χ1n) is 4.00. The van der Waals surface area contributed by atoms with Crippen molar-refractivity contribution in [2.45, 2.75) is 39.2 Å². The summed E-state index contributed by atoms with van der Waals surface area (Å²) in [6.07, 6.45) is 2.18. The molecule has 0 aliphatic rings. The topological polar surface area (TPSA) is 43.1 Å². The van der Waals surface area contributed by atoms with Crippen LogP contribution in [-0.4, -0.2) is 11.8 Å². The molecule has 0 radical (unpaired) electrons. The molecule has 0 fully saturated rings. The average molecular weight is 155 g/mol. The Morgan fingerprint density at radius 3 is 2.55 bits per heavy atom. The normalized spacial score (nSPS) is 12.6. The molecule has 0 aliphatic carbocycles. The molecule has 0 aromatic rings. The Labute approximate surface area is 68.5 Å². The molecule has 0 bridgehead atoms. The molecule has 1 unspecified atom stereocenters. The summed E-state index contributed by atoms with van der Waals surface area (Å²) in [7, 11) is 0. The highest BCUT2D eigenvalue weighted by Crippen LogP contribution is 2.02. The van der Waals surface area contributed by atoms with E-state index in [0.29, 0.717) is 6.42 Å². The number of ketones is 1. The summed E-state index contributed by atoms with van der Waals surface area (Å²) in [6.45, 7) is 7.53. The number of hydrogen-bond acceptors (Lipinski definition) is 2. The van der Waals surface area contributed by atoms with Gasteiger partial charge in [0.2, 0.25) is 0 Å². The minimum atomic E-state index is -0.281. The predicted molar refractivity (Wildman–Crippen MR) is 47.3 cm³/mol. The number of Topliss-reactive ketones (excluding diaryl/α,β-unsaturated/α-hetero) is 1. The zero-order valence-electron chi connectivity index (χ0n) is 7.39. The van der Waals surface area contributed by atoms with E-state index in [4.69, 9.17) is 5.73 Å². The van der Waals surface area contributed by atoms with Crippen LogP contribution in [0.5, 0.6) is 0 Å². The van der Waals surface area contributed by atoms with Crippen molar-refractivity contribution in [1.82, 2.24) is 0 Å². The molecule has 0 amide bonds. The summed E-state index contributed by atoms with van der Waals surface area (Å²) in [5.74, 6) is 0.111. The van der Waals surface area contributed by atoms with Gasteiger partial charge in [0.15, 0.2) is 5.78 Å². The summed E-state index contributed by atoms with van der Waals surface area (Å²) in [6, 6.07) is -0.281. The monoisotopic (exact) mass is 155 g/mol. The van der Waals surface area contributed by atoms with Crippen LogP contribution in [0.3, 0.4) is 0 Å². The van der Waals surface area contributed by atoms with E-state index in [9.17, 15) is 4.79 Å². The van der Waals surface area contributed by atoms with Gasteiger partial charge < -0.3 is 5.73 Å². The van der Waals surface area contributed by atoms with E-state index in [1.165, 1.54) is 0 Å². The average Bonchev–Trinajstić information content (AvgIpc) is 1.86. The second kappa shape index (κ2) is 5.08. The van der Waals surface area contributed by atoms with Gasteiger partial charge in [0.1, 0.15) is 0 Å². The lowest BCUT2D eigenvalue weighted by atomic mass is 10.0. The van der Waals surface area contributed by atoms with Gasteiger partial charge in [-0.25, -0.2) is 0 Å². The van der Waals surface area contributed by atoms with Crippen molar-refractivity contribution in [3.8, 4) is 0 Å². The molecule has 1 atom stereocenters. The standard InChI is InChI=1S/C9H17NO/c1-4-5-8(10)9(11)6-7(2)3/h8H,2,4-6,10H2,1,3H3. The Morgan fingerprint density at radius 2 is 2.18 bits per heavy atom. The van der Waals surface area contributed by atoms with E-state index in [-0.39, 0.29) is 11.8 Å². The van der Waals surface area contributed by atoms with Crippen LogP contribution in [-0.2, 0) is 4.79 Å². The molecule has 64 valence electrons. The van der Waals surface area contributed by atoms with Crippen molar-refractivity contribution in [1.29, 1.82) is 0 Å². The van der Waals surface area contributed by atoms with Crippen LogP contribution in [0, 0.1) is 0 Å². The van der Waals surface area contributed by atoms with Crippen LogP contribution < -0.4 is 5.73 Å². The van der Waals surface area contributed by atoms with E-state index in [1.54, 1.807) is 0 Å². The van der Waals surface area contributed by atoms with Gasteiger partial charge in [-0.1, -0.05) is 25.5 Å². The van der Waals surface area contributed by atoms with Crippen LogP contribution >= 0.6 is 0 Å². The van der Waals surface area contributed by atoms with E-state index in [1.807, 2.05) is 13.8 Å². The number of nitrogens with two attached hydrogens (primary N) is 1. The van der Waals surface area contributed by atoms with Crippen molar-refractivity contribution in [2.24, 2.45) is 5.73 Å². The lowest BCUT2D eigenvalue weighted by Gasteiger charge is -2.07. The van der Waals surface area contributed by atoms with Crippen molar-refractivity contribution in [3.63, 3.8) is 0 Å². The Balaban J connectivity index is 3.73. The third-order valence-electron chi connectivity index (χ3n) is 1.49. The van der Waals surface area contributed by atoms with Gasteiger partial charge in [-0.2, -0.15) is 0 Å². The van der Waals surface area contributed by atoms with Crippen LogP contribution in [0.15, 0.2) is 12.2 Å². The molecular weight excluding hydrogens is 138 g/mol. The van der Waals surface area contributed by atoms with Crippen LogP contribution in [0.25, 0.3) is 0 Å². The molecule has 2 heteroatoms. The lowest BCUT2D eigenvalue weighted by molar-refractivity contribution is -0.119. The van der Waals surface area contributed by atoms with Crippen LogP contribution in [0.1, 0.15) is 33.1 Å². The zero-order valence-corrected chi connectivity index (χ0v) is 7.39. The Hall–Kier alpha value is -0.630. The number of carbonyl (C=O) groups is 1. The minimum absolute atomic E-state index is 0.111. The third kappa shape index (κ3) is 4.73. The highest BCUT2D eigenvalue weighted by atomic mass is 16.1. The highest BCUT2D eigenvalue weighted by Gasteiger charge is 2.11. The number of hydrogen-bond donors (Lipinski definition) is 1. The van der Waals surface area contributed by atoms with Crippen molar-refractivity contribution in [2.75, 3.05) is 0 Å². The summed E-state index contributed by atoms with van der Waals surface area (Å²) in [4.78, 5) is 11.2. The maximum atomic E-state index is 11.2. The summed E-state index contributed by atoms with van der Waals surface area (Å²) >= 11 is 0. The Kier molecular flexibility index (Phi) is 4.79. The van der Waals surface area contributed by atoms with Crippen LogP contribution in [0.2, 0.25) is 0 Å². The molecule has 2 N–H and O–H groups in total. The summed E-state index contributed by atoms with van der Waals surface area (Å²) in [5, 5.41) is 0. The van der Waals surface area contributed by atoms with E-state index in [0.717, 1.165) is 18.4 Å². The Bertz CT molecular complexity index is 152. The van der Waals surface area contributed by atoms with Crippen molar-refractivity contribution < 1.29 is 4.79 Å². The summed E-state index contributed by atoms with van der Waals surface area (Å²) < 4.78 is 0. The van der Waals surface area contributed by atoms with E-state index in [2.05, 4.69) is 6.58 Å². The molecule has 0 spiro atoms. The first-order chi connectivity index (χ1) is 5.07. The quantitative estimate of drug-likeness (QED) is 0.613. The maximum Gasteiger partial charge on any atom is 0.153 e. The van der Waals surface area contributed by atoms with Gasteiger partial charge in [-0.3, -0.25) is 4.79 Å². The van der Waals surface area contributed by atoms with Crippen molar-refractivity contribution >= 4 is 5.78 Å². The SMILES string of the molecule is C=C(C)CC(=O)C(N)CCC. The molecule has 0 aromatic carbocycles. The number of carbonyl (C=O) groups excluding carboxylic acids is 1. The van der Waals surface area contributed by atoms with Gasteiger partial charge in [-0.05, 0) is 13.3 Å². The predicted octanol–water partition coefficient (Wildman–Crippen LogP) is 1.65. The highest BCUT2D eigenvalue weighted by molar-refractivity contribution is 5.85. The molecule has 0 heterocycles. The molecule has 0 saturated heterocycles. The largest absolute Gasteiger partial charge is 0.321 e. The number of rotatable bonds is 5. The molecular formula is C9H17NO. The second-order valence-electron chi connectivity index (χ2n) is 3.00. The van der Waals surface area contributed by atoms with Gasteiger partial charge in [0, 0.05) is 6.42 Å². The fraction of sp³-hybridized carbons (Fsp3) is 0.667. The van der Waals surface area contributed by atoms with Gasteiger partial charge in [0.25, 0.3) is 0 Å². The number of allylic oxidation sites excluding steroid dienone is 1. The lowest BCUT2D eigenvalue weighted by Crippen LogP contribution is -2.30. The molecule has 11 heavy (non-hydrogen) atoms. The fourth-order valence-electron chi connectivity index (χ4n) is 0.901. The second-order valence-corrected chi connectivity index (χ2v) is 3.00. The minimum Gasteiger partial charge on any atom is -0.321 e. The van der Waals surface area contributed by atoms with E-state index < -0.39 is 0 Å². The molecule has 0 aromatic heterocycles. The van der Waals surface area contributed by atoms with Gasteiger partial charge in [-0.15, -0.1) is 0 Å². The molecule has 0 rings (SSSR count). The van der Waals surface area contributed by atoms with Crippen molar-refractivity contribution in [3.05, 3.63) is 12.2 Å². The molecule has 0 aliphatic heterocycles. The maximum absolute atomic E-state index is 11.2. The van der Waals surface area contributed by atoms with Gasteiger partial charge >= 0.3 is 0 Å². The summed E-state index contributed by atoms with van der Waals surface area (Å²) in [5.41, 5.74) is 6.48. The Morgan fingerprint density at radius 1 is 1.64 bits per heavy atom. The third-order valence-corrected chi connectivity index (χ3v) is 1.49. The fourth-order valence-corrected chi connectivity index (χ4v) is 0.901. The molecule has 0 saturated carbocycles. The first kappa shape index (κ1) is 10.4.